The van der Waals surface area contributed by atoms with Crippen LogP contribution in [0.25, 0.3) is 6.08 Å². The summed E-state index contributed by atoms with van der Waals surface area (Å²) < 4.78 is 16.4. The predicted molar refractivity (Wildman–Crippen MR) is 108 cm³/mol. The number of phenols is 1. The Morgan fingerprint density at radius 3 is 2.55 bits per heavy atom. The maximum absolute atomic E-state index is 12.9. The Morgan fingerprint density at radius 1 is 1.17 bits per heavy atom. The second-order valence-corrected chi connectivity index (χ2v) is 6.98. The van der Waals surface area contributed by atoms with Crippen molar-refractivity contribution in [1.82, 2.24) is 0 Å². The van der Waals surface area contributed by atoms with Gasteiger partial charge in [-0.3, -0.25) is 4.79 Å². The van der Waals surface area contributed by atoms with Crippen molar-refractivity contribution in [2.45, 2.75) is 38.9 Å². The highest BCUT2D eigenvalue weighted by Gasteiger charge is 2.42. The molecule has 0 fully saturated rings. The first-order valence-corrected chi connectivity index (χ1v) is 9.54. The summed E-state index contributed by atoms with van der Waals surface area (Å²) in [6.45, 7) is 5.64. The fourth-order valence-corrected chi connectivity index (χ4v) is 3.22. The van der Waals surface area contributed by atoms with E-state index < -0.39 is 18.0 Å². The molecule has 152 valence electrons. The largest absolute Gasteiger partial charge is 0.508 e. The molecule has 2 atom stereocenters. The summed E-state index contributed by atoms with van der Waals surface area (Å²) in [6.07, 6.45) is 2.15. The SMILES string of the molecule is CCOC(=O)/C=C/c1ccc2c(c1)[C@H](C(=O)OC(C)C)[C@@H](c1ccc(O)cc1)O2. The summed E-state index contributed by atoms with van der Waals surface area (Å²) in [4.78, 5) is 24.5. The van der Waals surface area contributed by atoms with E-state index in [1.807, 2.05) is 6.07 Å². The van der Waals surface area contributed by atoms with Crippen LogP contribution in [-0.2, 0) is 19.1 Å². The molecule has 2 aromatic rings. The lowest BCUT2D eigenvalue weighted by Gasteiger charge is -2.20. The predicted octanol–water partition coefficient (Wildman–Crippen LogP) is 4.14. The number of hydrogen-bond donors (Lipinski definition) is 1. The number of rotatable bonds is 6. The molecule has 0 spiro atoms. The zero-order valence-corrected chi connectivity index (χ0v) is 16.6. The highest BCUT2D eigenvalue weighted by molar-refractivity contribution is 5.87. The molecule has 0 bridgehead atoms. The molecule has 3 rings (SSSR count). The van der Waals surface area contributed by atoms with Gasteiger partial charge in [0.15, 0.2) is 0 Å². The molecule has 0 saturated carbocycles. The van der Waals surface area contributed by atoms with Crippen molar-refractivity contribution >= 4 is 18.0 Å². The molecule has 1 N–H and O–H groups in total. The van der Waals surface area contributed by atoms with E-state index in [1.54, 1.807) is 63.2 Å². The second-order valence-electron chi connectivity index (χ2n) is 6.98. The number of esters is 2. The van der Waals surface area contributed by atoms with Gasteiger partial charge in [-0.1, -0.05) is 18.2 Å². The number of fused-ring (bicyclic) bond motifs is 1. The van der Waals surface area contributed by atoms with Crippen LogP contribution in [0.5, 0.6) is 11.5 Å². The lowest BCUT2D eigenvalue weighted by Crippen LogP contribution is -2.23. The quantitative estimate of drug-likeness (QED) is 0.584. The number of benzene rings is 2. The van der Waals surface area contributed by atoms with Crippen molar-refractivity contribution in [2.24, 2.45) is 0 Å². The number of phenolic OH excluding ortho intramolecular Hbond substituents is 1. The lowest BCUT2D eigenvalue weighted by molar-refractivity contribution is -0.151. The fourth-order valence-electron chi connectivity index (χ4n) is 3.22. The van der Waals surface area contributed by atoms with Crippen molar-refractivity contribution < 1.29 is 28.9 Å². The molecular formula is C23H24O6. The third kappa shape index (κ3) is 4.77. The Bertz CT molecular complexity index is 913. The minimum atomic E-state index is -0.659. The van der Waals surface area contributed by atoms with Crippen LogP contribution in [0.1, 0.15) is 49.5 Å². The zero-order valence-electron chi connectivity index (χ0n) is 16.6. The van der Waals surface area contributed by atoms with Gasteiger partial charge in [-0.25, -0.2) is 4.79 Å². The van der Waals surface area contributed by atoms with Crippen LogP contribution in [0.3, 0.4) is 0 Å². The number of ether oxygens (including phenoxy) is 3. The van der Waals surface area contributed by atoms with Gasteiger partial charge in [0, 0.05) is 11.6 Å². The zero-order chi connectivity index (χ0) is 21.0. The number of aromatic hydroxyl groups is 1. The van der Waals surface area contributed by atoms with E-state index in [9.17, 15) is 14.7 Å². The van der Waals surface area contributed by atoms with Gasteiger partial charge in [-0.15, -0.1) is 0 Å². The summed E-state index contributed by atoms with van der Waals surface area (Å²) in [5.74, 6) is -0.753. The van der Waals surface area contributed by atoms with Crippen molar-refractivity contribution in [3.8, 4) is 11.5 Å². The van der Waals surface area contributed by atoms with Crippen LogP contribution >= 0.6 is 0 Å². The van der Waals surface area contributed by atoms with E-state index in [0.29, 0.717) is 17.9 Å². The van der Waals surface area contributed by atoms with Crippen molar-refractivity contribution in [3.05, 3.63) is 65.2 Å². The van der Waals surface area contributed by atoms with E-state index in [-0.39, 0.29) is 17.8 Å². The summed E-state index contributed by atoms with van der Waals surface area (Å²) in [5.41, 5.74) is 2.20. The van der Waals surface area contributed by atoms with Gasteiger partial charge < -0.3 is 19.3 Å². The Morgan fingerprint density at radius 2 is 1.90 bits per heavy atom. The van der Waals surface area contributed by atoms with E-state index in [0.717, 1.165) is 11.1 Å². The van der Waals surface area contributed by atoms with Crippen LogP contribution < -0.4 is 4.74 Å². The standard InChI is InChI=1S/C23H24O6/c1-4-27-20(25)12-6-15-5-11-19-18(13-15)21(23(26)28-14(2)3)22(29-19)16-7-9-17(24)10-8-16/h5-14,21-22,24H,4H2,1-3H3/b12-6+/t21-,22+/m0/s1. The Labute approximate surface area is 169 Å². The maximum atomic E-state index is 12.9. The molecule has 0 saturated heterocycles. The molecule has 2 aromatic carbocycles. The summed E-state index contributed by atoms with van der Waals surface area (Å²) in [7, 11) is 0. The minimum absolute atomic E-state index is 0.136. The molecule has 0 unspecified atom stereocenters. The van der Waals surface area contributed by atoms with Gasteiger partial charge in [-0.2, -0.15) is 0 Å². The van der Waals surface area contributed by atoms with Crippen LogP contribution in [-0.4, -0.2) is 29.8 Å². The average Bonchev–Trinajstić information content (AvgIpc) is 3.05. The van der Waals surface area contributed by atoms with Crippen molar-refractivity contribution in [2.75, 3.05) is 6.61 Å². The van der Waals surface area contributed by atoms with Gasteiger partial charge in [-0.05, 0) is 62.2 Å². The Balaban J connectivity index is 1.95. The topological polar surface area (TPSA) is 82.1 Å². The minimum Gasteiger partial charge on any atom is -0.508 e. The fraction of sp³-hybridized carbons (Fsp3) is 0.304. The van der Waals surface area contributed by atoms with Gasteiger partial charge in [0.25, 0.3) is 0 Å². The van der Waals surface area contributed by atoms with E-state index in [2.05, 4.69) is 0 Å². The number of hydrogen-bond acceptors (Lipinski definition) is 6. The van der Waals surface area contributed by atoms with E-state index in [4.69, 9.17) is 14.2 Å². The molecule has 6 nitrogen and oxygen atoms in total. The first-order chi connectivity index (χ1) is 13.9. The molecule has 1 aliphatic heterocycles. The third-order valence-corrected chi connectivity index (χ3v) is 4.45. The van der Waals surface area contributed by atoms with Crippen LogP contribution in [0.4, 0.5) is 0 Å². The van der Waals surface area contributed by atoms with Gasteiger partial charge in [0.05, 0.1) is 12.7 Å². The van der Waals surface area contributed by atoms with Gasteiger partial charge in [0.1, 0.15) is 23.5 Å². The molecule has 0 aromatic heterocycles. The van der Waals surface area contributed by atoms with Gasteiger partial charge in [0.2, 0.25) is 0 Å². The Kier molecular flexibility index (Phi) is 6.22. The lowest BCUT2D eigenvalue weighted by atomic mass is 9.90. The van der Waals surface area contributed by atoms with Crippen LogP contribution in [0.15, 0.2) is 48.5 Å². The van der Waals surface area contributed by atoms with Crippen LogP contribution in [0.2, 0.25) is 0 Å². The molecule has 29 heavy (non-hydrogen) atoms. The molecule has 0 aliphatic carbocycles. The highest BCUT2D eigenvalue weighted by Crippen LogP contribution is 2.47. The summed E-state index contributed by atoms with van der Waals surface area (Å²) >= 11 is 0. The average molecular weight is 396 g/mol. The first kappa shape index (κ1) is 20.5. The summed E-state index contributed by atoms with van der Waals surface area (Å²) in [5, 5.41) is 9.57. The maximum Gasteiger partial charge on any atom is 0.330 e. The summed E-state index contributed by atoms with van der Waals surface area (Å²) in [6, 6.07) is 12.0. The molecular weight excluding hydrogens is 372 g/mol. The normalized spacial score (nSPS) is 17.8. The monoisotopic (exact) mass is 396 g/mol. The molecule has 0 radical (unpaired) electrons. The smallest absolute Gasteiger partial charge is 0.330 e. The number of carbonyl (C=O) groups is 2. The van der Waals surface area contributed by atoms with Crippen molar-refractivity contribution in [1.29, 1.82) is 0 Å². The van der Waals surface area contributed by atoms with Crippen LogP contribution in [0, 0.1) is 0 Å². The van der Waals surface area contributed by atoms with E-state index in [1.165, 1.54) is 6.08 Å². The second kappa shape index (κ2) is 8.82. The molecule has 1 heterocycles. The number of carbonyl (C=O) groups excluding carboxylic acids is 2. The van der Waals surface area contributed by atoms with Gasteiger partial charge >= 0.3 is 11.9 Å². The van der Waals surface area contributed by atoms with Crippen molar-refractivity contribution in [3.63, 3.8) is 0 Å². The first-order valence-electron chi connectivity index (χ1n) is 9.54. The Hall–Kier alpha value is -3.28. The van der Waals surface area contributed by atoms with E-state index >= 15 is 0 Å². The highest BCUT2D eigenvalue weighted by atomic mass is 16.6. The third-order valence-electron chi connectivity index (χ3n) is 4.45. The molecule has 6 heteroatoms. The molecule has 0 amide bonds. The molecule has 1 aliphatic rings.